The van der Waals surface area contributed by atoms with Crippen LogP contribution in [0.1, 0.15) is 102 Å². The summed E-state index contributed by atoms with van der Waals surface area (Å²) in [6.45, 7) is 7.13. The molecule has 0 aromatic heterocycles. The molecule has 1 aliphatic rings. The first kappa shape index (κ1) is 30.1. The average Bonchev–Trinajstić information content (AvgIpc) is 2.84. The molecule has 1 unspecified atom stereocenters. The summed E-state index contributed by atoms with van der Waals surface area (Å²) in [7, 11) is 0. The molecule has 36 heavy (non-hydrogen) atoms. The van der Waals surface area contributed by atoms with Gasteiger partial charge in [0.05, 0.1) is 23.6 Å². The first-order valence-corrected chi connectivity index (χ1v) is 14.3. The molecule has 1 saturated heterocycles. The minimum atomic E-state index is -0.878. The molecule has 1 heterocycles. The predicted molar refractivity (Wildman–Crippen MR) is 145 cm³/mol. The van der Waals surface area contributed by atoms with Crippen molar-refractivity contribution in [1.29, 1.82) is 0 Å². The Labute approximate surface area is 224 Å². The summed E-state index contributed by atoms with van der Waals surface area (Å²) >= 11 is 3.45. The molecule has 0 saturated carbocycles. The lowest BCUT2D eigenvalue weighted by molar-refractivity contribution is -0.147. The number of carbonyl (C=O) groups is 3. The van der Waals surface area contributed by atoms with E-state index in [2.05, 4.69) is 28.2 Å². The summed E-state index contributed by atoms with van der Waals surface area (Å²) in [5, 5.41) is 2.76. The molecule has 0 bridgehead atoms. The topological polar surface area (TPSA) is 84.9 Å². The van der Waals surface area contributed by atoms with E-state index in [-0.39, 0.29) is 24.3 Å². The maximum Gasteiger partial charge on any atom is 0.308 e. The van der Waals surface area contributed by atoms with Gasteiger partial charge in [-0.05, 0) is 54.4 Å². The fraction of sp³-hybridized carbons (Fsp3) is 0.679. The van der Waals surface area contributed by atoms with Crippen LogP contribution in [0, 0.1) is 0 Å². The Bertz CT molecular complexity index is 845. The van der Waals surface area contributed by atoms with Crippen LogP contribution in [0.15, 0.2) is 22.7 Å². The van der Waals surface area contributed by atoms with Gasteiger partial charge in [0.1, 0.15) is 11.8 Å². The highest BCUT2D eigenvalue weighted by molar-refractivity contribution is 9.10. The largest absolute Gasteiger partial charge is 0.490 e. The van der Waals surface area contributed by atoms with Crippen LogP contribution < -0.4 is 10.1 Å². The second-order valence-corrected chi connectivity index (χ2v) is 10.6. The molecular weight excluding hydrogens is 524 g/mol. The van der Waals surface area contributed by atoms with Gasteiger partial charge in [0.2, 0.25) is 5.91 Å². The van der Waals surface area contributed by atoms with E-state index in [1.165, 1.54) is 49.8 Å². The van der Waals surface area contributed by atoms with Crippen LogP contribution in [0.25, 0.3) is 0 Å². The van der Waals surface area contributed by atoms with Crippen molar-refractivity contribution in [2.45, 2.75) is 104 Å². The SMILES string of the molecule is CCCCCCCCCCCCOC(=O)CC1C(=O)NCCN1C(=O)c1ccc(OC(C)C)c(Br)c1. The second kappa shape index (κ2) is 16.6. The molecule has 1 N–H and O–H groups in total. The van der Waals surface area contributed by atoms with Gasteiger partial charge in [-0.3, -0.25) is 14.4 Å². The van der Waals surface area contributed by atoms with Gasteiger partial charge in [-0.2, -0.15) is 0 Å². The molecule has 1 aromatic rings. The van der Waals surface area contributed by atoms with Crippen molar-refractivity contribution >= 4 is 33.7 Å². The quantitative estimate of drug-likeness (QED) is 0.195. The fourth-order valence-corrected chi connectivity index (χ4v) is 4.77. The molecule has 0 aliphatic carbocycles. The van der Waals surface area contributed by atoms with Gasteiger partial charge in [0.15, 0.2) is 0 Å². The zero-order chi connectivity index (χ0) is 26.3. The molecule has 202 valence electrons. The third kappa shape index (κ3) is 10.5. The van der Waals surface area contributed by atoms with Crippen LogP contribution in [0.3, 0.4) is 0 Å². The van der Waals surface area contributed by atoms with Gasteiger partial charge in [-0.25, -0.2) is 0 Å². The van der Waals surface area contributed by atoms with Crippen molar-refractivity contribution in [3.05, 3.63) is 28.2 Å². The number of piperazine rings is 1. The number of ether oxygens (including phenoxy) is 2. The Morgan fingerprint density at radius 3 is 2.31 bits per heavy atom. The van der Waals surface area contributed by atoms with Crippen molar-refractivity contribution < 1.29 is 23.9 Å². The number of hydrogen-bond donors (Lipinski definition) is 1. The van der Waals surface area contributed by atoms with Crippen molar-refractivity contribution in [2.75, 3.05) is 19.7 Å². The van der Waals surface area contributed by atoms with E-state index in [1.807, 2.05) is 13.8 Å². The molecule has 1 fully saturated rings. The number of halogens is 1. The van der Waals surface area contributed by atoms with Crippen molar-refractivity contribution in [1.82, 2.24) is 10.2 Å². The summed E-state index contributed by atoms with van der Waals surface area (Å²) in [5.74, 6) is -0.434. The van der Waals surface area contributed by atoms with Gasteiger partial charge in [0, 0.05) is 18.7 Å². The Kier molecular flexibility index (Phi) is 13.9. The van der Waals surface area contributed by atoms with Gasteiger partial charge in [-0.1, -0.05) is 64.7 Å². The zero-order valence-electron chi connectivity index (χ0n) is 22.2. The number of carbonyl (C=O) groups excluding carboxylic acids is 3. The van der Waals surface area contributed by atoms with E-state index >= 15 is 0 Å². The lowest BCUT2D eigenvalue weighted by Crippen LogP contribution is -2.57. The Balaban J connectivity index is 1.78. The Hall–Kier alpha value is -2.09. The predicted octanol–water partition coefficient (Wildman–Crippen LogP) is 6.03. The average molecular weight is 568 g/mol. The monoisotopic (exact) mass is 566 g/mol. The van der Waals surface area contributed by atoms with E-state index in [0.29, 0.717) is 35.5 Å². The van der Waals surface area contributed by atoms with Crippen molar-refractivity contribution in [3.63, 3.8) is 0 Å². The van der Waals surface area contributed by atoms with Crippen LogP contribution in [-0.2, 0) is 14.3 Å². The number of rotatable bonds is 16. The molecule has 0 spiro atoms. The first-order chi connectivity index (χ1) is 17.3. The van der Waals surface area contributed by atoms with Crippen LogP contribution in [0.2, 0.25) is 0 Å². The minimum Gasteiger partial charge on any atom is -0.490 e. The van der Waals surface area contributed by atoms with Gasteiger partial charge < -0.3 is 19.7 Å². The second-order valence-electron chi connectivity index (χ2n) is 9.72. The van der Waals surface area contributed by atoms with E-state index in [0.717, 1.165) is 19.3 Å². The van der Waals surface area contributed by atoms with Crippen LogP contribution in [0.5, 0.6) is 5.75 Å². The zero-order valence-corrected chi connectivity index (χ0v) is 23.7. The summed E-state index contributed by atoms with van der Waals surface area (Å²) < 4.78 is 11.8. The van der Waals surface area contributed by atoms with Crippen molar-refractivity contribution in [2.24, 2.45) is 0 Å². The number of amides is 2. The fourth-order valence-electron chi connectivity index (χ4n) is 4.30. The minimum absolute atomic E-state index is 0.00403. The molecular formula is C28H43BrN2O5. The van der Waals surface area contributed by atoms with Gasteiger partial charge >= 0.3 is 5.97 Å². The number of benzene rings is 1. The molecule has 8 heteroatoms. The van der Waals surface area contributed by atoms with E-state index in [9.17, 15) is 14.4 Å². The maximum atomic E-state index is 13.2. The highest BCUT2D eigenvalue weighted by Crippen LogP contribution is 2.28. The summed E-state index contributed by atoms with van der Waals surface area (Å²) in [6.07, 6.45) is 11.9. The molecule has 7 nitrogen and oxygen atoms in total. The van der Waals surface area contributed by atoms with Crippen LogP contribution in [0.4, 0.5) is 0 Å². The first-order valence-electron chi connectivity index (χ1n) is 13.5. The third-order valence-electron chi connectivity index (χ3n) is 6.25. The molecule has 0 radical (unpaired) electrons. The van der Waals surface area contributed by atoms with E-state index in [1.54, 1.807) is 18.2 Å². The van der Waals surface area contributed by atoms with Crippen LogP contribution in [-0.4, -0.2) is 54.5 Å². The Morgan fingerprint density at radius 2 is 1.69 bits per heavy atom. The summed E-state index contributed by atoms with van der Waals surface area (Å²) in [4.78, 5) is 39.7. The normalized spacial score (nSPS) is 15.6. The number of hydrogen-bond acceptors (Lipinski definition) is 5. The summed E-state index contributed by atoms with van der Waals surface area (Å²) in [5.41, 5.74) is 0.427. The Morgan fingerprint density at radius 1 is 1.06 bits per heavy atom. The summed E-state index contributed by atoms with van der Waals surface area (Å²) in [6, 6.07) is 4.22. The maximum absolute atomic E-state index is 13.2. The van der Waals surface area contributed by atoms with Gasteiger partial charge in [-0.15, -0.1) is 0 Å². The lowest BCUT2D eigenvalue weighted by Gasteiger charge is -2.34. The smallest absolute Gasteiger partial charge is 0.308 e. The van der Waals surface area contributed by atoms with Crippen LogP contribution >= 0.6 is 15.9 Å². The number of nitrogens with one attached hydrogen (secondary N) is 1. The molecule has 1 atom stereocenters. The number of unbranched alkanes of at least 4 members (excludes halogenated alkanes) is 9. The van der Waals surface area contributed by atoms with E-state index in [4.69, 9.17) is 9.47 Å². The molecule has 2 rings (SSSR count). The number of esters is 1. The standard InChI is InChI=1S/C28H43BrN2O5/c1-4-5-6-7-8-9-10-11-12-13-18-35-26(32)20-24-27(33)30-16-17-31(24)28(34)22-14-15-25(23(29)19-22)36-21(2)3/h14-15,19,21,24H,4-13,16-18,20H2,1-3H3,(H,30,33). The third-order valence-corrected chi connectivity index (χ3v) is 6.87. The lowest BCUT2D eigenvalue weighted by atomic mass is 10.1. The van der Waals surface area contributed by atoms with Gasteiger partial charge in [0.25, 0.3) is 5.91 Å². The molecule has 1 aliphatic heterocycles. The highest BCUT2D eigenvalue weighted by Gasteiger charge is 2.35. The number of nitrogens with zero attached hydrogens (tertiary/aromatic N) is 1. The molecule has 1 aromatic carbocycles. The van der Waals surface area contributed by atoms with E-state index < -0.39 is 12.0 Å². The molecule has 2 amide bonds. The highest BCUT2D eigenvalue weighted by atomic mass is 79.9. The van der Waals surface area contributed by atoms with Crippen molar-refractivity contribution in [3.8, 4) is 5.75 Å².